The fourth-order valence-corrected chi connectivity index (χ4v) is 3.95. The smallest absolute Gasteiger partial charge is 0.323 e. The number of nitrogens with one attached hydrogen (secondary N) is 1. The highest BCUT2D eigenvalue weighted by molar-refractivity contribution is 5.78. The van der Waals surface area contributed by atoms with Crippen molar-refractivity contribution in [2.75, 3.05) is 45.0 Å². The maximum atomic E-state index is 11.8. The van der Waals surface area contributed by atoms with Crippen LogP contribution in [0.15, 0.2) is 30.7 Å². The third-order valence-corrected chi connectivity index (χ3v) is 6.10. The Kier molecular flexibility index (Phi) is 10.2. The number of hydrogen-bond acceptors (Lipinski definition) is 12. The summed E-state index contributed by atoms with van der Waals surface area (Å²) in [4.78, 5) is 36.0. The van der Waals surface area contributed by atoms with Crippen LogP contribution in [0.1, 0.15) is 31.2 Å². The largest absolute Gasteiger partial charge is 0.487 e. The summed E-state index contributed by atoms with van der Waals surface area (Å²) in [6.45, 7) is 1.87. The molecule has 0 aliphatic carbocycles. The first-order chi connectivity index (χ1) is 19.4. The van der Waals surface area contributed by atoms with Gasteiger partial charge in [-0.2, -0.15) is 5.26 Å². The number of rotatable bonds is 14. The number of fused-ring (bicyclic) bond motifs is 1. The minimum Gasteiger partial charge on any atom is -0.487 e. The van der Waals surface area contributed by atoms with E-state index in [1.165, 1.54) is 6.20 Å². The lowest BCUT2D eigenvalue weighted by atomic mass is 10.1. The van der Waals surface area contributed by atoms with Crippen molar-refractivity contribution in [1.29, 1.82) is 5.26 Å². The van der Waals surface area contributed by atoms with E-state index in [0.29, 0.717) is 47.3 Å². The monoisotopic (exact) mass is 553 g/mol. The summed E-state index contributed by atoms with van der Waals surface area (Å²) >= 11 is 0. The van der Waals surface area contributed by atoms with Gasteiger partial charge in [-0.15, -0.1) is 0 Å². The second-order valence-corrected chi connectivity index (χ2v) is 9.01. The number of nitriles is 1. The van der Waals surface area contributed by atoms with Gasteiger partial charge in [-0.05, 0) is 31.4 Å². The predicted octanol–water partition coefficient (Wildman–Crippen LogP) is 1.41. The molecule has 14 nitrogen and oxygen atoms in total. The molecule has 3 aromatic heterocycles. The molecule has 1 atom stereocenters. The number of nitrogens with zero attached hydrogens (tertiary/aromatic N) is 5. The number of aromatic nitrogens is 4. The van der Waals surface area contributed by atoms with E-state index < -0.39 is 18.0 Å². The summed E-state index contributed by atoms with van der Waals surface area (Å²) in [6, 6.07) is 6.45. The second kappa shape index (κ2) is 14.2. The molecule has 1 aliphatic rings. The van der Waals surface area contributed by atoms with Crippen LogP contribution < -0.4 is 15.8 Å². The molecule has 1 aliphatic heterocycles. The van der Waals surface area contributed by atoms with Crippen molar-refractivity contribution in [2.24, 2.45) is 5.73 Å². The molecule has 3 aromatic rings. The zero-order chi connectivity index (χ0) is 28.3. The molecule has 0 bridgehead atoms. The molecule has 14 heteroatoms. The van der Waals surface area contributed by atoms with E-state index in [9.17, 15) is 9.59 Å². The molecule has 0 radical (unpaired) electrons. The zero-order valence-electron chi connectivity index (χ0n) is 21.8. The number of carbonyl (C=O) groups is 2. The average molecular weight is 554 g/mol. The van der Waals surface area contributed by atoms with Gasteiger partial charge < -0.3 is 35.1 Å². The van der Waals surface area contributed by atoms with Crippen molar-refractivity contribution in [1.82, 2.24) is 19.5 Å². The number of hydrogen-bond donors (Lipinski definition) is 3. The molecule has 4 heterocycles. The van der Waals surface area contributed by atoms with Crippen LogP contribution in [0.5, 0.6) is 5.75 Å². The van der Waals surface area contributed by atoms with Gasteiger partial charge in [-0.3, -0.25) is 14.2 Å². The van der Waals surface area contributed by atoms with Crippen LogP contribution in [0.3, 0.4) is 0 Å². The van der Waals surface area contributed by atoms with Crippen molar-refractivity contribution < 1.29 is 33.6 Å². The maximum Gasteiger partial charge on any atom is 0.323 e. The van der Waals surface area contributed by atoms with E-state index in [0.717, 1.165) is 12.8 Å². The lowest BCUT2D eigenvalue weighted by molar-refractivity contribution is -0.147. The van der Waals surface area contributed by atoms with E-state index >= 15 is 0 Å². The standard InChI is InChI=1S/C26H31N7O7/c27-14-17-1-3-22(29-15-17)33-16-30-20-13-21(24(32-25(20)33)31-18-5-7-37-8-6-18)39-11-9-38-10-12-40-26(36)19(28)2-4-23(34)35/h1,3,13,15-16,18-19H,2,4-12,28H2,(H,31,32)(H,34,35). The van der Waals surface area contributed by atoms with Gasteiger partial charge in [0.25, 0.3) is 0 Å². The Bertz CT molecular complexity index is 1330. The molecule has 1 fully saturated rings. The van der Waals surface area contributed by atoms with Gasteiger partial charge in [0, 0.05) is 37.9 Å². The third kappa shape index (κ3) is 7.85. The molecule has 4 N–H and O–H groups in total. The lowest BCUT2D eigenvalue weighted by Gasteiger charge is -2.24. The van der Waals surface area contributed by atoms with Crippen LogP contribution in [0.2, 0.25) is 0 Å². The average Bonchev–Trinajstić information content (AvgIpc) is 3.38. The molecule has 0 saturated carbocycles. The normalized spacial score (nSPS) is 14.4. The molecule has 0 amide bonds. The Hall–Kier alpha value is -4.32. The molecule has 0 aromatic carbocycles. The van der Waals surface area contributed by atoms with Crippen LogP contribution in [0.25, 0.3) is 17.0 Å². The van der Waals surface area contributed by atoms with Crippen molar-refractivity contribution >= 4 is 28.9 Å². The molecule has 40 heavy (non-hydrogen) atoms. The van der Waals surface area contributed by atoms with Crippen molar-refractivity contribution in [3.63, 3.8) is 0 Å². The molecular formula is C26H31N7O7. The minimum atomic E-state index is -1.02. The Morgan fingerprint density at radius 3 is 2.75 bits per heavy atom. The SMILES string of the molecule is N#Cc1ccc(-n2cnc3cc(OCCOCCOC(=O)C(N)CCC(=O)O)c(NC4CCOCC4)nc32)nc1. The van der Waals surface area contributed by atoms with Gasteiger partial charge >= 0.3 is 11.9 Å². The first-order valence-corrected chi connectivity index (χ1v) is 12.9. The predicted molar refractivity (Wildman–Crippen MR) is 141 cm³/mol. The van der Waals surface area contributed by atoms with Crippen LogP contribution in [-0.2, 0) is 23.8 Å². The Morgan fingerprint density at radius 2 is 2.02 bits per heavy atom. The van der Waals surface area contributed by atoms with E-state index in [1.807, 2.05) is 0 Å². The number of carboxylic acid groups (broad SMARTS) is 1. The highest BCUT2D eigenvalue weighted by Gasteiger charge is 2.20. The van der Waals surface area contributed by atoms with Crippen molar-refractivity contribution in [3.05, 3.63) is 36.3 Å². The number of nitrogens with two attached hydrogens (primary N) is 1. The molecular weight excluding hydrogens is 522 g/mol. The highest BCUT2D eigenvalue weighted by Crippen LogP contribution is 2.29. The Labute approximate surface area is 230 Å². The molecule has 0 spiro atoms. The number of carbonyl (C=O) groups excluding carboxylic acids is 1. The lowest BCUT2D eigenvalue weighted by Crippen LogP contribution is -2.33. The fraction of sp³-hybridized carbons (Fsp3) is 0.462. The number of pyridine rings is 2. The van der Waals surface area contributed by atoms with E-state index in [-0.39, 0.29) is 45.3 Å². The van der Waals surface area contributed by atoms with Gasteiger partial charge in [-0.1, -0.05) is 0 Å². The zero-order valence-corrected chi connectivity index (χ0v) is 21.8. The number of esters is 1. The molecule has 212 valence electrons. The van der Waals surface area contributed by atoms with Crippen LogP contribution in [-0.4, -0.2) is 88.3 Å². The Morgan fingerprint density at radius 1 is 1.23 bits per heavy atom. The van der Waals surface area contributed by atoms with Gasteiger partial charge in [0.1, 0.15) is 43.0 Å². The maximum absolute atomic E-state index is 11.8. The summed E-state index contributed by atoms with van der Waals surface area (Å²) in [5.74, 6) is -0.0455. The van der Waals surface area contributed by atoms with Crippen LogP contribution in [0.4, 0.5) is 5.82 Å². The van der Waals surface area contributed by atoms with Crippen LogP contribution >= 0.6 is 0 Å². The first kappa shape index (κ1) is 28.7. The number of anilines is 1. The van der Waals surface area contributed by atoms with Crippen molar-refractivity contribution in [3.8, 4) is 17.6 Å². The minimum absolute atomic E-state index is 0.00766. The number of carboxylic acids is 1. The summed E-state index contributed by atoms with van der Waals surface area (Å²) in [6.07, 6.45) is 4.58. The molecule has 1 saturated heterocycles. The number of aliphatic carboxylic acids is 1. The van der Waals surface area contributed by atoms with Crippen LogP contribution in [0, 0.1) is 11.3 Å². The van der Waals surface area contributed by atoms with Gasteiger partial charge in [0.15, 0.2) is 17.2 Å². The topological polar surface area (TPSA) is 197 Å². The van der Waals surface area contributed by atoms with Crippen molar-refractivity contribution in [2.45, 2.75) is 37.8 Å². The highest BCUT2D eigenvalue weighted by atomic mass is 16.6. The summed E-state index contributed by atoms with van der Waals surface area (Å²) < 4.78 is 23.7. The summed E-state index contributed by atoms with van der Waals surface area (Å²) in [7, 11) is 0. The Balaban J connectivity index is 1.35. The fourth-order valence-electron chi connectivity index (χ4n) is 3.95. The molecule has 1 unspecified atom stereocenters. The number of imidazole rings is 1. The quantitative estimate of drug-likeness (QED) is 0.191. The summed E-state index contributed by atoms with van der Waals surface area (Å²) in [5.41, 5.74) is 7.26. The number of ether oxygens (including phenoxy) is 4. The van der Waals surface area contributed by atoms with E-state index in [2.05, 4.69) is 21.4 Å². The van der Waals surface area contributed by atoms with Gasteiger partial charge in [0.2, 0.25) is 0 Å². The third-order valence-electron chi connectivity index (χ3n) is 6.10. The van der Waals surface area contributed by atoms with Gasteiger partial charge in [0.05, 0.1) is 18.8 Å². The second-order valence-electron chi connectivity index (χ2n) is 9.01. The van der Waals surface area contributed by atoms with E-state index in [4.69, 9.17) is 40.0 Å². The molecule has 4 rings (SSSR count). The van der Waals surface area contributed by atoms with E-state index in [1.54, 1.807) is 29.1 Å². The summed E-state index contributed by atoms with van der Waals surface area (Å²) in [5, 5.41) is 21.2. The van der Waals surface area contributed by atoms with Gasteiger partial charge in [-0.25, -0.2) is 15.0 Å². The first-order valence-electron chi connectivity index (χ1n) is 12.9.